The molecule has 3 rings (SSSR count). The molecular formula is C20H18F3N3O3S. The van der Waals surface area contributed by atoms with E-state index in [1.165, 1.54) is 48.3 Å². The van der Waals surface area contributed by atoms with Crippen molar-refractivity contribution in [1.29, 1.82) is 0 Å². The Morgan fingerprint density at radius 2 is 1.90 bits per heavy atom. The third kappa shape index (κ3) is 4.09. The van der Waals surface area contributed by atoms with Crippen molar-refractivity contribution in [2.24, 2.45) is 0 Å². The number of nitrogens with zero attached hydrogens (tertiary/aromatic N) is 2. The number of hydrogen-bond acceptors (Lipinski definition) is 5. The molecule has 0 unspecified atom stereocenters. The summed E-state index contributed by atoms with van der Waals surface area (Å²) < 4.78 is 45.1. The molecule has 0 radical (unpaired) electrons. The highest BCUT2D eigenvalue weighted by molar-refractivity contribution is 7.10. The number of methoxy groups -OCH3 is 1. The van der Waals surface area contributed by atoms with Crippen LogP contribution in [-0.2, 0) is 21.2 Å². The third-order valence-corrected chi connectivity index (χ3v) is 5.60. The number of alkyl halides is 3. The van der Waals surface area contributed by atoms with E-state index in [4.69, 9.17) is 4.74 Å². The van der Waals surface area contributed by atoms with Crippen LogP contribution in [0.4, 0.5) is 13.2 Å². The molecule has 0 spiro atoms. The van der Waals surface area contributed by atoms with Crippen LogP contribution in [0.25, 0.3) is 5.69 Å². The van der Waals surface area contributed by atoms with E-state index in [2.05, 4.69) is 10.4 Å². The Hall–Kier alpha value is -3.14. The Balaban J connectivity index is 1.93. The molecular weight excluding hydrogens is 419 g/mol. The summed E-state index contributed by atoms with van der Waals surface area (Å²) in [4.78, 5) is 25.8. The normalized spacial score (nSPS) is 13.5. The minimum atomic E-state index is -4.50. The summed E-state index contributed by atoms with van der Waals surface area (Å²) in [6.45, 7) is 3.13. The average molecular weight is 437 g/mol. The SMILES string of the molecule is COC(=O)[C@@](C)(NC(=O)c1cc(C)n(-c2cccc(C(F)(F)F)c2)n1)c1cccs1. The number of ether oxygens (including phenoxy) is 1. The summed E-state index contributed by atoms with van der Waals surface area (Å²) in [5, 5.41) is 8.53. The molecule has 10 heteroatoms. The monoisotopic (exact) mass is 437 g/mol. The smallest absolute Gasteiger partial charge is 0.416 e. The van der Waals surface area contributed by atoms with Crippen LogP contribution >= 0.6 is 11.3 Å². The summed E-state index contributed by atoms with van der Waals surface area (Å²) in [7, 11) is 1.22. The molecule has 0 saturated carbocycles. The van der Waals surface area contributed by atoms with Crippen LogP contribution in [0.2, 0.25) is 0 Å². The Kier molecular flexibility index (Phi) is 5.71. The second-order valence-corrected chi connectivity index (χ2v) is 7.63. The van der Waals surface area contributed by atoms with E-state index in [0.29, 0.717) is 10.6 Å². The van der Waals surface area contributed by atoms with Gasteiger partial charge in [0, 0.05) is 10.6 Å². The van der Waals surface area contributed by atoms with Gasteiger partial charge in [0.05, 0.1) is 18.4 Å². The minimum absolute atomic E-state index is 0.0448. The highest BCUT2D eigenvalue weighted by Gasteiger charge is 2.40. The summed E-state index contributed by atoms with van der Waals surface area (Å²) in [6.07, 6.45) is -4.50. The summed E-state index contributed by atoms with van der Waals surface area (Å²) >= 11 is 1.27. The summed E-state index contributed by atoms with van der Waals surface area (Å²) in [6, 6.07) is 9.49. The van der Waals surface area contributed by atoms with Crippen LogP contribution in [0.1, 0.15) is 33.5 Å². The second-order valence-electron chi connectivity index (χ2n) is 6.68. The van der Waals surface area contributed by atoms with Gasteiger partial charge in [-0.25, -0.2) is 9.48 Å². The Morgan fingerprint density at radius 1 is 1.17 bits per heavy atom. The second kappa shape index (κ2) is 7.94. The minimum Gasteiger partial charge on any atom is -0.467 e. The zero-order chi connectivity index (χ0) is 22.1. The molecule has 0 aliphatic carbocycles. The van der Waals surface area contributed by atoms with Gasteiger partial charge in [-0.05, 0) is 49.6 Å². The topological polar surface area (TPSA) is 73.2 Å². The molecule has 30 heavy (non-hydrogen) atoms. The summed E-state index contributed by atoms with van der Waals surface area (Å²) in [5.74, 6) is -1.32. The molecule has 1 aromatic carbocycles. The number of aromatic nitrogens is 2. The molecule has 1 amide bonds. The molecule has 158 valence electrons. The number of esters is 1. The summed E-state index contributed by atoms with van der Waals surface area (Å²) in [5.41, 5.74) is -1.69. The van der Waals surface area contributed by atoms with Gasteiger partial charge in [-0.3, -0.25) is 4.79 Å². The van der Waals surface area contributed by atoms with Gasteiger partial charge in [0.15, 0.2) is 11.2 Å². The molecule has 2 heterocycles. The highest BCUT2D eigenvalue weighted by atomic mass is 32.1. The van der Waals surface area contributed by atoms with Crippen molar-refractivity contribution in [1.82, 2.24) is 15.1 Å². The molecule has 2 aromatic heterocycles. The van der Waals surface area contributed by atoms with Gasteiger partial charge in [-0.15, -0.1) is 11.3 Å². The van der Waals surface area contributed by atoms with Gasteiger partial charge in [0.2, 0.25) is 0 Å². The van der Waals surface area contributed by atoms with Crippen LogP contribution < -0.4 is 5.32 Å². The molecule has 6 nitrogen and oxygen atoms in total. The Morgan fingerprint density at radius 3 is 2.50 bits per heavy atom. The highest BCUT2D eigenvalue weighted by Crippen LogP contribution is 2.31. The van der Waals surface area contributed by atoms with Gasteiger partial charge >= 0.3 is 12.1 Å². The van der Waals surface area contributed by atoms with E-state index in [1.54, 1.807) is 24.4 Å². The van der Waals surface area contributed by atoms with Crippen molar-refractivity contribution in [2.75, 3.05) is 7.11 Å². The molecule has 1 N–H and O–H groups in total. The number of carbonyl (C=O) groups is 2. The van der Waals surface area contributed by atoms with Gasteiger partial charge in [-0.2, -0.15) is 18.3 Å². The number of aryl methyl sites for hydroxylation is 1. The van der Waals surface area contributed by atoms with Crippen molar-refractivity contribution in [2.45, 2.75) is 25.6 Å². The average Bonchev–Trinajstić information content (AvgIpc) is 3.37. The van der Waals surface area contributed by atoms with E-state index >= 15 is 0 Å². The van der Waals surface area contributed by atoms with Crippen LogP contribution in [-0.4, -0.2) is 28.8 Å². The van der Waals surface area contributed by atoms with Crippen molar-refractivity contribution in [3.8, 4) is 5.69 Å². The first-order valence-corrected chi connectivity index (χ1v) is 9.63. The molecule has 0 aliphatic rings. The first-order chi connectivity index (χ1) is 14.1. The fourth-order valence-corrected chi connectivity index (χ4v) is 3.76. The number of halogens is 3. The Bertz CT molecular complexity index is 1080. The third-order valence-electron chi connectivity index (χ3n) is 4.51. The lowest BCUT2D eigenvalue weighted by Gasteiger charge is -2.26. The molecule has 1 atom stereocenters. The number of nitrogens with one attached hydrogen (secondary N) is 1. The van der Waals surface area contributed by atoms with E-state index in [1.807, 2.05) is 0 Å². The predicted octanol–water partition coefficient (Wildman–Crippen LogP) is 4.08. The molecule has 0 fully saturated rings. The van der Waals surface area contributed by atoms with Crippen molar-refractivity contribution in [3.05, 3.63) is 69.7 Å². The largest absolute Gasteiger partial charge is 0.467 e. The number of thiophene rings is 1. The van der Waals surface area contributed by atoms with Crippen LogP contribution in [0.5, 0.6) is 0 Å². The van der Waals surface area contributed by atoms with Gasteiger partial charge in [0.25, 0.3) is 5.91 Å². The number of carbonyl (C=O) groups excluding carboxylic acids is 2. The molecule has 0 aliphatic heterocycles. The van der Waals surface area contributed by atoms with Crippen molar-refractivity contribution >= 4 is 23.2 Å². The van der Waals surface area contributed by atoms with Gasteiger partial charge < -0.3 is 10.1 Å². The van der Waals surface area contributed by atoms with Crippen LogP contribution in [0.15, 0.2) is 47.8 Å². The maximum Gasteiger partial charge on any atom is 0.416 e. The van der Waals surface area contributed by atoms with Gasteiger partial charge in [-0.1, -0.05) is 12.1 Å². The number of rotatable bonds is 5. The molecule has 0 bridgehead atoms. The van der Waals surface area contributed by atoms with E-state index in [-0.39, 0.29) is 11.4 Å². The van der Waals surface area contributed by atoms with Crippen LogP contribution in [0.3, 0.4) is 0 Å². The molecule has 3 aromatic rings. The maximum absolute atomic E-state index is 13.0. The van der Waals surface area contributed by atoms with Crippen LogP contribution in [0, 0.1) is 6.92 Å². The lowest BCUT2D eigenvalue weighted by atomic mass is 10.00. The first-order valence-electron chi connectivity index (χ1n) is 8.75. The van der Waals surface area contributed by atoms with Crippen molar-refractivity contribution in [3.63, 3.8) is 0 Å². The predicted molar refractivity (Wildman–Crippen MR) is 104 cm³/mol. The zero-order valence-electron chi connectivity index (χ0n) is 16.3. The first kappa shape index (κ1) is 21.6. The standard InChI is InChI=1S/C20H18F3N3O3S/c1-12-10-15(25-26(12)14-7-4-6-13(11-14)20(21,22)23)17(27)24-19(2,18(28)29-3)16-8-5-9-30-16/h4-11H,1-3H3,(H,24,27)/t19-/m0/s1. The maximum atomic E-state index is 13.0. The quantitative estimate of drug-likeness (QED) is 0.611. The van der Waals surface area contributed by atoms with E-state index < -0.39 is 29.2 Å². The number of benzene rings is 1. The van der Waals surface area contributed by atoms with E-state index in [0.717, 1.165) is 12.1 Å². The number of hydrogen-bond donors (Lipinski definition) is 1. The fraction of sp³-hybridized carbons (Fsp3) is 0.250. The lowest BCUT2D eigenvalue weighted by Crippen LogP contribution is -2.49. The van der Waals surface area contributed by atoms with Gasteiger partial charge in [0.1, 0.15) is 0 Å². The Labute approximate surface area is 174 Å². The fourth-order valence-electron chi connectivity index (χ4n) is 2.93. The zero-order valence-corrected chi connectivity index (χ0v) is 17.1. The molecule has 0 saturated heterocycles. The van der Waals surface area contributed by atoms with E-state index in [9.17, 15) is 22.8 Å². The number of amides is 1. The lowest BCUT2D eigenvalue weighted by molar-refractivity contribution is -0.147. The van der Waals surface area contributed by atoms with Crippen molar-refractivity contribution < 1.29 is 27.5 Å².